The van der Waals surface area contributed by atoms with Crippen LogP contribution >= 0.6 is 11.6 Å². The molecule has 0 fully saturated rings. The van der Waals surface area contributed by atoms with Crippen LogP contribution in [0.5, 0.6) is 0 Å². The lowest BCUT2D eigenvalue weighted by molar-refractivity contribution is -0.672. The van der Waals surface area contributed by atoms with Crippen molar-refractivity contribution >= 4 is 23.8 Å². The van der Waals surface area contributed by atoms with Crippen molar-refractivity contribution < 1.29 is 8.98 Å². The van der Waals surface area contributed by atoms with Gasteiger partial charge in [-0.2, -0.15) is 0 Å². The maximum absolute atomic E-state index is 5.89. The first-order valence-electron chi connectivity index (χ1n) is 6.68. The predicted molar refractivity (Wildman–Crippen MR) is 84.7 cm³/mol. The highest BCUT2D eigenvalue weighted by atomic mass is 35.5. The van der Waals surface area contributed by atoms with Gasteiger partial charge in [0.05, 0.1) is 14.1 Å². The summed E-state index contributed by atoms with van der Waals surface area (Å²) in [7, 11) is 4.03. The van der Waals surface area contributed by atoms with Gasteiger partial charge in [-0.15, -0.1) is 0 Å². The lowest BCUT2D eigenvalue weighted by Crippen LogP contribution is -2.29. The van der Waals surface area contributed by atoms with Crippen molar-refractivity contribution in [3.05, 3.63) is 65.4 Å². The van der Waals surface area contributed by atoms with Crippen molar-refractivity contribution in [2.45, 2.75) is 0 Å². The first kappa shape index (κ1) is 13.7. The Hall–Kier alpha value is -2.26. The molecule has 2 aromatic heterocycles. The summed E-state index contributed by atoms with van der Waals surface area (Å²) in [5.74, 6) is 2.75. The van der Waals surface area contributed by atoms with Gasteiger partial charge in [0.2, 0.25) is 0 Å². The third-order valence-corrected chi connectivity index (χ3v) is 3.64. The fraction of sp³-hybridized carbons (Fsp3) is 0.118. The SMILES string of the molecule is Cn1cc[n+](C)c1/C=C/c1ccc(-c2ccc(Cl)cc2)o1. The molecule has 3 rings (SSSR count). The third-order valence-electron chi connectivity index (χ3n) is 3.39. The molecule has 106 valence electrons. The molecule has 1 aromatic carbocycles. The molecule has 0 spiro atoms. The standard InChI is InChI=1S/C17H16ClN2O/c1-19-11-12-20(2)17(19)10-8-15-7-9-16(21-15)13-3-5-14(18)6-4-13/h3-12H,1-2H3/q+1/b10-8+. The number of rotatable bonds is 3. The smallest absolute Gasteiger partial charge is 0.281 e. The van der Waals surface area contributed by atoms with Crippen LogP contribution in [0.3, 0.4) is 0 Å². The van der Waals surface area contributed by atoms with Crippen LogP contribution < -0.4 is 4.57 Å². The van der Waals surface area contributed by atoms with Crippen molar-refractivity contribution in [1.29, 1.82) is 0 Å². The lowest BCUT2D eigenvalue weighted by atomic mass is 10.2. The van der Waals surface area contributed by atoms with Crippen LogP contribution in [0.2, 0.25) is 5.02 Å². The summed E-state index contributed by atoms with van der Waals surface area (Å²) >= 11 is 5.89. The summed E-state index contributed by atoms with van der Waals surface area (Å²) in [6, 6.07) is 11.5. The molecule has 0 unspecified atom stereocenters. The summed E-state index contributed by atoms with van der Waals surface area (Å²) in [6.45, 7) is 0. The van der Waals surface area contributed by atoms with Crippen LogP contribution in [0.15, 0.2) is 53.2 Å². The normalized spacial score (nSPS) is 11.4. The van der Waals surface area contributed by atoms with Gasteiger partial charge >= 0.3 is 0 Å². The molecule has 0 atom stereocenters. The molecule has 0 aliphatic rings. The van der Waals surface area contributed by atoms with E-state index in [1.807, 2.05) is 75.0 Å². The Morgan fingerprint density at radius 2 is 1.86 bits per heavy atom. The number of hydrogen-bond donors (Lipinski definition) is 0. The molecule has 21 heavy (non-hydrogen) atoms. The van der Waals surface area contributed by atoms with Gasteiger partial charge in [0.15, 0.2) is 0 Å². The number of benzene rings is 1. The minimum atomic E-state index is 0.724. The molecule has 0 radical (unpaired) electrons. The minimum Gasteiger partial charge on any atom is -0.457 e. The lowest BCUT2D eigenvalue weighted by Gasteiger charge is -1.96. The zero-order valence-corrected chi connectivity index (χ0v) is 12.7. The van der Waals surface area contributed by atoms with E-state index < -0.39 is 0 Å². The molecule has 0 saturated carbocycles. The van der Waals surface area contributed by atoms with E-state index in [1.165, 1.54) is 0 Å². The molecule has 0 bridgehead atoms. The van der Waals surface area contributed by atoms with Gasteiger partial charge in [0.25, 0.3) is 5.82 Å². The summed E-state index contributed by atoms with van der Waals surface area (Å²) in [5, 5.41) is 0.724. The van der Waals surface area contributed by atoms with Crippen LogP contribution in [0, 0.1) is 0 Å². The maximum Gasteiger partial charge on any atom is 0.281 e. The number of hydrogen-bond acceptors (Lipinski definition) is 1. The van der Waals surface area contributed by atoms with E-state index in [0.29, 0.717) is 0 Å². The number of imidazole rings is 1. The second-order valence-corrected chi connectivity index (χ2v) is 5.36. The number of halogens is 1. The quantitative estimate of drug-likeness (QED) is 0.672. The number of furan rings is 1. The largest absolute Gasteiger partial charge is 0.457 e. The van der Waals surface area contributed by atoms with Crippen molar-refractivity contribution in [2.24, 2.45) is 14.1 Å². The van der Waals surface area contributed by atoms with Crippen molar-refractivity contribution in [3.8, 4) is 11.3 Å². The van der Waals surface area contributed by atoms with E-state index in [4.69, 9.17) is 16.0 Å². The molecule has 0 amide bonds. The molecular weight excluding hydrogens is 284 g/mol. The summed E-state index contributed by atoms with van der Waals surface area (Å²) in [5.41, 5.74) is 1.02. The van der Waals surface area contributed by atoms with E-state index in [9.17, 15) is 0 Å². The van der Waals surface area contributed by atoms with Gasteiger partial charge in [-0.1, -0.05) is 11.6 Å². The molecule has 0 N–H and O–H groups in total. The second kappa shape index (κ2) is 5.62. The highest BCUT2D eigenvalue weighted by Gasteiger charge is 2.07. The third kappa shape index (κ3) is 2.93. The maximum atomic E-state index is 5.89. The number of aryl methyl sites for hydroxylation is 2. The van der Waals surface area contributed by atoms with E-state index in [-0.39, 0.29) is 0 Å². The van der Waals surface area contributed by atoms with Crippen LogP contribution in [0.1, 0.15) is 11.6 Å². The highest BCUT2D eigenvalue weighted by molar-refractivity contribution is 6.30. The molecule has 0 aliphatic heterocycles. The number of aromatic nitrogens is 2. The Labute approximate surface area is 128 Å². The Kier molecular flexibility index (Phi) is 3.67. The Morgan fingerprint density at radius 1 is 1.10 bits per heavy atom. The number of nitrogens with zero attached hydrogens (tertiary/aromatic N) is 2. The van der Waals surface area contributed by atoms with Crippen LogP contribution in [0.25, 0.3) is 23.5 Å². The molecule has 3 nitrogen and oxygen atoms in total. The van der Waals surface area contributed by atoms with Crippen molar-refractivity contribution in [1.82, 2.24) is 4.57 Å². The van der Waals surface area contributed by atoms with E-state index >= 15 is 0 Å². The Balaban J connectivity index is 1.84. The highest BCUT2D eigenvalue weighted by Crippen LogP contribution is 2.24. The molecule has 0 saturated heterocycles. The van der Waals surface area contributed by atoms with E-state index in [2.05, 4.69) is 9.13 Å². The van der Waals surface area contributed by atoms with Gasteiger partial charge in [0, 0.05) is 16.7 Å². The Bertz CT molecular complexity index is 762. The second-order valence-electron chi connectivity index (χ2n) is 4.92. The zero-order valence-electron chi connectivity index (χ0n) is 12.0. The summed E-state index contributed by atoms with van der Waals surface area (Å²) in [4.78, 5) is 0. The molecule has 0 aliphatic carbocycles. The van der Waals surface area contributed by atoms with Crippen LogP contribution in [-0.2, 0) is 14.1 Å². The predicted octanol–water partition coefficient (Wildman–Crippen LogP) is 3.93. The average Bonchev–Trinajstić information content (AvgIpc) is 3.06. The van der Waals surface area contributed by atoms with Crippen LogP contribution in [-0.4, -0.2) is 4.57 Å². The fourth-order valence-electron chi connectivity index (χ4n) is 2.21. The molecule has 3 aromatic rings. The van der Waals surface area contributed by atoms with E-state index in [1.54, 1.807) is 0 Å². The first-order chi connectivity index (χ1) is 10.1. The monoisotopic (exact) mass is 299 g/mol. The fourth-order valence-corrected chi connectivity index (χ4v) is 2.33. The van der Waals surface area contributed by atoms with Gasteiger partial charge < -0.3 is 4.42 Å². The first-order valence-corrected chi connectivity index (χ1v) is 7.06. The molecule has 2 heterocycles. The average molecular weight is 300 g/mol. The van der Waals surface area contributed by atoms with Gasteiger partial charge in [-0.25, -0.2) is 9.13 Å². The zero-order chi connectivity index (χ0) is 14.8. The molecular formula is C17H16ClN2O+. The minimum absolute atomic E-state index is 0.724. The summed E-state index contributed by atoms with van der Waals surface area (Å²) < 4.78 is 9.95. The van der Waals surface area contributed by atoms with Crippen molar-refractivity contribution in [3.63, 3.8) is 0 Å². The molecule has 4 heteroatoms. The van der Waals surface area contributed by atoms with Gasteiger partial charge in [0.1, 0.15) is 23.9 Å². The topological polar surface area (TPSA) is 21.9 Å². The van der Waals surface area contributed by atoms with Gasteiger partial charge in [-0.3, -0.25) is 0 Å². The Morgan fingerprint density at radius 3 is 2.52 bits per heavy atom. The van der Waals surface area contributed by atoms with Crippen LogP contribution in [0.4, 0.5) is 0 Å². The van der Waals surface area contributed by atoms with Gasteiger partial charge in [-0.05, 0) is 42.5 Å². The van der Waals surface area contributed by atoms with Crippen molar-refractivity contribution in [2.75, 3.05) is 0 Å². The summed E-state index contributed by atoms with van der Waals surface area (Å²) in [6.07, 6.45) is 8.03. The van der Waals surface area contributed by atoms with E-state index in [0.717, 1.165) is 27.9 Å².